The molecule has 0 aliphatic heterocycles. The summed E-state index contributed by atoms with van der Waals surface area (Å²) < 4.78 is 0. The van der Waals surface area contributed by atoms with Gasteiger partial charge < -0.3 is 10.4 Å². The standard InChI is InChI=1S/C17H29NO/c1-5-6-7-15-8-10-16(11-9-15)14(4)18-12-17(19)13(2)3/h8-11,13-14,17-19H,5-7,12H2,1-4H3. The van der Waals surface area contributed by atoms with Gasteiger partial charge in [-0.1, -0.05) is 51.5 Å². The zero-order valence-electron chi connectivity index (χ0n) is 12.8. The third-order valence-corrected chi connectivity index (χ3v) is 3.70. The molecule has 0 heterocycles. The van der Waals surface area contributed by atoms with E-state index in [0.29, 0.717) is 12.5 Å². The lowest BCUT2D eigenvalue weighted by atomic mass is 10.0. The number of benzene rings is 1. The highest BCUT2D eigenvalue weighted by Gasteiger charge is 2.11. The van der Waals surface area contributed by atoms with Crippen molar-refractivity contribution in [2.24, 2.45) is 5.92 Å². The van der Waals surface area contributed by atoms with E-state index in [4.69, 9.17) is 0 Å². The minimum absolute atomic E-state index is 0.272. The van der Waals surface area contributed by atoms with E-state index in [-0.39, 0.29) is 12.1 Å². The van der Waals surface area contributed by atoms with Crippen molar-refractivity contribution in [1.82, 2.24) is 5.32 Å². The Hall–Kier alpha value is -0.860. The molecule has 0 aliphatic rings. The van der Waals surface area contributed by atoms with Gasteiger partial charge in [-0.15, -0.1) is 0 Å². The number of hydrogen-bond donors (Lipinski definition) is 2. The molecule has 1 aromatic carbocycles. The van der Waals surface area contributed by atoms with E-state index in [0.717, 1.165) is 0 Å². The number of aryl methyl sites for hydroxylation is 1. The van der Waals surface area contributed by atoms with Gasteiger partial charge in [-0.25, -0.2) is 0 Å². The molecule has 0 fully saturated rings. The molecule has 2 unspecified atom stereocenters. The van der Waals surface area contributed by atoms with E-state index in [2.05, 4.69) is 43.4 Å². The van der Waals surface area contributed by atoms with Crippen molar-refractivity contribution in [3.05, 3.63) is 35.4 Å². The first-order valence-corrected chi connectivity index (χ1v) is 7.54. The number of aliphatic hydroxyl groups is 1. The quantitative estimate of drug-likeness (QED) is 0.749. The van der Waals surface area contributed by atoms with Gasteiger partial charge in [0.25, 0.3) is 0 Å². The first-order valence-electron chi connectivity index (χ1n) is 7.54. The molecule has 0 saturated heterocycles. The lowest BCUT2D eigenvalue weighted by Crippen LogP contribution is -2.32. The van der Waals surface area contributed by atoms with Gasteiger partial charge in [0, 0.05) is 12.6 Å². The lowest BCUT2D eigenvalue weighted by Gasteiger charge is -2.20. The van der Waals surface area contributed by atoms with Gasteiger partial charge in [-0.2, -0.15) is 0 Å². The number of nitrogens with one attached hydrogen (secondary N) is 1. The Labute approximate surface area is 118 Å². The van der Waals surface area contributed by atoms with Gasteiger partial charge in [0.05, 0.1) is 6.10 Å². The summed E-state index contributed by atoms with van der Waals surface area (Å²) in [5.41, 5.74) is 2.70. The number of rotatable bonds is 8. The highest BCUT2D eigenvalue weighted by atomic mass is 16.3. The SMILES string of the molecule is CCCCc1ccc(C(C)NCC(O)C(C)C)cc1. The van der Waals surface area contributed by atoms with Crippen LogP contribution in [0.4, 0.5) is 0 Å². The Morgan fingerprint density at radius 2 is 1.74 bits per heavy atom. The average Bonchev–Trinajstić information content (AvgIpc) is 2.42. The summed E-state index contributed by atoms with van der Waals surface area (Å²) in [6.07, 6.45) is 3.40. The molecule has 0 bridgehead atoms. The Bertz CT molecular complexity index is 345. The summed E-state index contributed by atoms with van der Waals surface area (Å²) in [5.74, 6) is 0.302. The maximum Gasteiger partial charge on any atom is 0.0687 e. The van der Waals surface area contributed by atoms with Crippen molar-refractivity contribution in [2.45, 2.75) is 59.1 Å². The molecule has 0 aromatic heterocycles. The normalized spacial score (nSPS) is 14.6. The van der Waals surface area contributed by atoms with Crippen LogP contribution < -0.4 is 5.32 Å². The summed E-state index contributed by atoms with van der Waals surface area (Å²) in [4.78, 5) is 0. The average molecular weight is 263 g/mol. The Morgan fingerprint density at radius 3 is 2.26 bits per heavy atom. The smallest absolute Gasteiger partial charge is 0.0687 e. The molecule has 1 aromatic rings. The molecule has 2 nitrogen and oxygen atoms in total. The molecule has 0 spiro atoms. The number of hydrogen-bond acceptors (Lipinski definition) is 2. The molecule has 19 heavy (non-hydrogen) atoms. The van der Waals surface area contributed by atoms with E-state index < -0.39 is 0 Å². The van der Waals surface area contributed by atoms with Crippen LogP contribution in [0.5, 0.6) is 0 Å². The van der Waals surface area contributed by atoms with Crippen molar-refractivity contribution in [3.8, 4) is 0 Å². The molecule has 2 atom stereocenters. The summed E-state index contributed by atoms with van der Waals surface area (Å²) >= 11 is 0. The van der Waals surface area contributed by atoms with Crippen LogP contribution in [0.1, 0.15) is 57.7 Å². The fourth-order valence-corrected chi connectivity index (χ4v) is 2.00. The van der Waals surface area contributed by atoms with Crippen LogP contribution in [-0.4, -0.2) is 17.8 Å². The molecule has 0 amide bonds. The van der Waals surface area contributed by atoms with Gasteiger partial charge in [0.1, 0.15) is 0 Å². The zero-order valence-corrected chi connectivity index (χ0v) is 12.8. The second kappa shape index (κ2) is 8.34. The zero-order chi connectivity index (χ0) is 14.3. The van der Waals surface area contributed by atoms with E-state index in [1.165, 1.54) is 30.4 Å². The van der Waals surface area contributed by atoms with Gasteiger partial charge >= 0.3 is 0 Å². The fraction of sp³-hybridized carbons (Fsp3) is 0.647. The van der Waals surface area contributed by atoms with Crippen LogP contribution in [0.25, 0.3) is 0 Å². The van der Waals surface area contributed by atoms with Crippen LogP contribution in [0.3, 0.4) is 0 Å². The Morgan fingerprint density at radius 1 is 1.11 bits per heavy atom. The molecule has 2 heteroatoms. The van der Waals surface area contributed by atoms with Crippen molar-refractivity contribution < 1.29 is 5.11 Å². The minimum atomic E-state index is -0.272. The molecular formula is C17H29NO. The topological polar surface area (TPSA) is 32.3 Å². The number of unbranched alkanes of at least 4 members (excludes halogenated alkanes) is 1. The predicted molar refractivity (Wildman–Crippen MR) is 82.3 cm³/mol. The Balaban J connectivity index is 2.46. The minimum Gasteiger partial charge on any atom is -0.392 e. The van der Waals surface area contributed by atoms with E-state index in [1.807, 2.05) is 13.8 Å². The highest BCUT2D eigenvalue weighted by molar-refractivity contribution is 5.24. The molecule has 0 aliphatic carbocycles. The lowest BCUT2D eigenvalue weighted by molar-refractivity contribution is 0.120. The van der Waals surface area contributed by atoms with Crippen molar-refractivity contribution in [3.63, 3.8) is 0 Å². The van der Waals surface area contributed by atoms with Crippen LogP contribution in [0.15, 0.2) is 24.3 Å². The van der Waals surface area contributed by atoms with Gasteiger partial charge in [0.2, 0.25) is 0 Å². The van der Waals surface area contributed by atoms with Crippen molar-refractivity contribution in [1.29, 1.82) is 0 Å². The van der Waals surface area contributed by atoms with E-state index in [1.54, 1.807) is 0 Å². The summed E-state index contributed by atoms with van der Waals surface area (Å²) in [5, 5.41) is 13.2. The van der Waals surface area contributed by atoms with E-state index >= 15 is 0 Å². The van der Waals surface area contributed by atoms with Gasteiger partial charge in [-0.05, 0) is 36.8 Å². The van der Waals surface area contributed by atoms with Crippen LogP contribution in [0.2, 0.25) is 0 Å². The Kier molecular flexibility index (Phi) is 7.11. The fourth-order valence-electron chi connectivity index (χ4n) is 2.00. The first kappa shape index (κ1) is 16.2. The molecule has 2 N–H and O–H groups in total. The summed E-state index contributed by atoms with van der Waals surface area (Å²) in [7, 11) is 0. The predicted octanol–water partition coefficient (Wildman–Crippen LogP) is 3.70. The monoisotopic (exact) mass is 263 g/mol. The third kappa shape index (κ3) is 5.75. The van der Waals surface area contributed by atoms with Crippen LogP contribution in [-0.2, 0) is 6.42 Å². The molecule has 1 rings (SSSR count). The second-order valence-corrected chi connectivity index (χ2v) is 5.79. The molecule has 0 saturated carbocycles. The number of aliphatic hydroxyl groups excluding tert-OH is 1. The van der Waals surface area contributed by atoms with E-state index in [9.17, 15) is 5.11 Å². The van der Waals surface area contributed by atoms with Crippen molar-refractivity contribution in [2.75, 3.05) is 6.54 Å². The third-order valence-electron chi connectivity index (χ3n) is 3.70. The molecule has 0 radical (unpaired) electrons. The second-order valence-electron chi connectivity index (χ2n) is 5.79. The largest absolute Gasteiger partial charge is 0.392 e. The molecular weight excluding hydrogens is 234 g/mol. The van der Waals surface area contributed by atoms with Crippen LogP contribution >= 0.6 is 0 Å². The summed E-state index contributed by atoms with van der Waals surface area (Å²) in [6.45, 7) is 9.10. The van der Waals surface area contributed by atoms with Gasteiger partial charge in [0.15, 0.2) is 0 Å². The highest BCUT2D eigenvalue weighted by Crippen LogP contribution is 2.15. The van der Waals surface area contributed by atoms with Crippen LogP contribution in [0, 0.1) is 5.92 Å². The summed E-state index contributed by atoms with van der Waals surface area (Å²) in [6, 6.07) is 9.13. The molecule has 108 valence electrons. The van der Waals surface area contributed by atoms with Gasteiger partial charge in [-0.3, -0.25) is 0 Å². The van der Waals surface area contributed by atoms with Crippen molar-refractivity contribution >= 4 is 0 Å². The maximum absolute atomic E-state index is 9.80. The first-order chi connectivity index (χ1) is 9.04. The maximum atomic E-state index is 9.80.